The minimum Gasteiger partial charge on any atom is -0.497 e. The van der Waals surface area contributed by atoms with E-state index in [4.69, 9.17) is 4.74 Å². The van der Waals surface area contributed by atoms with Crippen LogP contribution in [0.1, 0.15) is 28.8 Å². The highest BCUT2D eigenvalue weighted by Gasteiger charge is 2.19. The molecule has 0 unspecified atom stereocenters. The zero-order valence-electron chi connectivity index (χ0n) is 15.0. The molecule has 0 aliphatic heterocycles. The first-order valence-corrected chi connectivity index (χ1v) is 9.84. The van der Waals surface area contributed by atoms with E-state index >= 15 is 0 Å². The Kier molecular flexibility index (Phi) is 4.01. The molecule has 1 aliphatic carbocycles. The van der Waals surface area contributed by atoms with E-state index in [1.165, 1.54) is 23.3 Å². The van der Waals surface area contributed by atoms with Gasteiger partial charge >= 0.3 is 0 Å². The van der Waals surface area contributed by atoms with Crippen molar-refractivity contribution in [2.24, 2.45) is 5.10 Å². The number of methoxy groups -OCH3 is 1. The van der Waals surface area contributed by atoms with E-state index in [-0.39, 0.29) is 0 Å². The van der Waals surface area contributed by atoms with Gasteiger partial charge in [0, 0.05) is 33.6 Å². The number of hydrogen-bond donors (Lipinski definition) is 2. The Hall–Kier alpha value is -2.93. The van der Waals surface area contributed by atoms with Gasteiger partial charge in [-0.05, 0) is 43.4 Å². The molecule has 0 fully saturated rings. The van der Waals surface area contributed by atoms with Crippen LogP contribution in [0.3, 0.4) is 0 Å². The average molecular weight is 377 g/mol. The highest BCUT2D eigenvalue weighted by Crippen LogP contribution is 2.38. The third-order valence-electron chi connectivity index (χ3n) is 5.05. The number of H-pyrrole nitrogens is 1. The average Bonchev–Trinajstić information content (AvgIpc) is 3.29. The molecule has 136 valence electrons. The predicted octanol–water partition coefficient (Wildman–Crippen LogP) is 4.51. The Morgan fingerprint density at radius 2 is 2.19 bits per heavy atom. The second-order valence-corrected chi connectivity index (χ2v) is 7.72. The highest BCUT2D eigenvalue weighted by atomic mass is 32.1. The zero-order valence-corrected chi connectivity index (χ0v) is 15.8. The first kappa shape index (κ1) is 16.3. The van der Waals surface area contributed by atoms with Crippen LogP contribution in [0.25, 0.3) is 21.1 Å². The molecule has 3 heterocycles. The van der Waals surface area contributed by atoms with Crippen LogP contribution in [0, 0.1) is 0 Å². The standard InChI is InChI=1S/C20H19N5OS/c1-26-13-6-7-14-12(9-21-16(14)8-13)10-24-25-19-18-15-4-2-3-5-17(15)27-20(18)23-11-22-19/h6-11,21H,2-5H2,1H3,(H,22,23,25)/b24-10+. The fourth-order valence-corrected chi connectivity index (χ4v) is 4.93. The van der Waals surface area contributed by atoms with E-state index in [1.807, 2.05) is 30.6 Å². The second kappa shape index (κ2) is 6.66. The zero-order chi connectivity index (χ0) is 18.2. The van der Waals surface area contributed by atoms with Gasteiger partial charge in [-0.15, -0.1) is 11.3 Å². The third kappa shape index (κ3) is 2.84. The van der Waals surface area contributed by atoms with E-state index in [1.54, 1.807) is 24.8 Å². The van der Waals surface area contributed by atoms with Gasteiger partial charge < -0.3 is 9.72 Å². The minimum atomic E-state index is 0.789. The Bertz CT molecular complexity index is 1160. The maximum absolute atomic E-state index is 5.27. The molecular formula is C20H19N5OS. The summed E-state index contributed by atoms with van der Waals surface area (Å²) >= 11 is 1.79. The predicted molar refractivity (Wildman–Crippen MR) is 110 cm³/mol. The molecule has 27 heavy (non-hydrogen) atoms. The normalized spacial score (nSPS) is 14.1. The highest BCUT2D eigenvalue weighted by molar-refractivity contribution is 7.19. The number of nitrogens with zero attached hydrogens (tertiary/aromatic N) is 3. The maximum atomic E-state index is 5.27. The molecule has 0 spiro atoms. The molecular weight excluding hydrogens is 358 g/mol. The van der Waals surface area contributed by atoms with Crippen LogP contribution in [-0.2, 0) is 12.8 Å². The lowest BCUT2D eigenvalue weighted by Crippen LogP contribution is -2.00. The lowest BCUT2D eigenvalue weighted by Gasteiger charge is -2.11. The van der Waals surface area contributed by atoms with E-state index in [0.717, 1.165) is 51.1 Å². The van der Waals surface area contributed by atoms with Crippen LogP contribution < -0.4 is 10.2 Å². The monoisotopic (exact) mass is 377 g/mol. The van der Waals surface area contributed by atoms with Gasteiger partial charge in [-0.2, -0.15) is 5.10 Å². The van der Waals surface area contributed by atoms with Gasteiger partial charge in [-0.1, -0.05) is 0 Å². The summed E-state index contributed by atoms with van der Waals surface area (Å²) in [5, 5.41) is 6.68. The van der Waals surface area contributed by atoms with Crippen molar-refractivity contribution in [2.45, 2.75) is 25.7 Å². The molecule has 2 N–H and O–H groups in total. The van der Waals surface area contributed by atoms with Gasteiger partial charge in [0.25, 0.3) is 0 Å². The van der Waals surface area contributed by atoms with Crippen LogP contribution >= 0.6 is 11.3 Å². The summed E-state index contributed by atoms with van der Waals surface area (Å²) in [5.74, 6) is 1.62. The number of aromatic amines is 1. The Balaban J connectivity index is 1.45. The molecule has 5 rings (SSSR count). The van der Waals surface area contributed by atoms with Gasteiger partial charge in [-0.3, -0.25) is 5.43 Å². The smallest absolute Gasteiger partial charge is 0.158 e. The molecule has 0 bridgehead atoms. The van der Waals surface area contributed by atoms with Crippen molar-refractivity contribution in [3.8, 4) is 5.75 Å². The maximum Gasteiger partial charge on any atom is 0.158 e. The van der Waals surface area contributed by atoms with Crippen molar-refractivity contribution in [2.75, 3.05) is 12.5 Å². The number of benzene rings is 1. The van der Waals surface area contributed by atoms with Crippen molar-refractivity contribution in [3.63, 3.8) is 0 Å². The van der Waals surface area contributed by atoms with E-state index in [2.05, 4.69) is 25.5 Å². The summed E-state index contributed by atoms with van der Waals surface area (Å²) in [4.78, 5) is 14.7. The van der Waals surface area contributed by atoms with Crippen molar-refractivity contribution in [3.05, 3.63) is 46.7 Å². The van der Waals surface area contributed by atoms with Crippen molar-refractivity contribution >= 4 is 44.5 Å². The second-order valence-electron chi connectivity index (χ2n) is 6.64. The molecule has 1 aromatic carbocycles. The molecule has 4 aromatic rings. The minimum absolute atomic E-state index is 0.789. The fraction of sp³-hybridized carbons (Fsp3) is 0.250. The largest absolute Gasteiger partial charge is 0.497 e. The summed E-state index contributed by atoms with van der Waals surface area (Å²) < 4.78 is 5.27. The number of hydrogen-bond acceptors (Lipinski definition) is 6. The number of anilines is 1. The SMILES string of the molecule is COc1ccc2c(/C=N/Nc3ncnc4sc5c(c34)CCCC5)c[nH]c2c1. The summed E-state index contributed by atoms with van der Waals surface area (Å²) in [5.41, 5.74) is 6.57. The summed E-state index contributed by atoms with van der Waals surface area (Å²) in [7, 11) is 1.67. The van der Waals surface area contributed by atoms with Crippen LogP contribution in [-0.4, -0.2) is 28.3 Å². The third-order valence-corrected chi connectivity index (χ3v) is 6.25. The van der Waals surface area contributed by atoms with E-state index in [9.17, 15) is 0 Å². The molecule has 3 aromatic heterocycles. The van der Waals surface area contributed by atoms with Gasteiger partial charge in [0.05, 0.1) is 18.7 Å². The molecule has 7 heteroatoms. The first-order chi connectivity index (χ1) is 13.3. The number of thiophene rings is 1. The molecule has 0 radical (unpaired) electrons. The summed E-state index contributed by atoms with van der Waals surface area (Å²) in [6, 6.07) is 5.96. The Morgan fingerprint density at radius 1 is 1.26 bits per heavy atom. The number of rotatable bonds is 4. The van der Waals surface area contributed by atoms with Gasteiger partial charge in [-0.25, -0.2) is 9.97 Å². The van der Waals surface area contributed by atoms with Gasteiger partial charge in [0.15, 0.2) is 5.82 Å². The topological polar surface area (TPSA) is 75.2 Å². The van der Waals surface area contributed by atoms with Crippen LogP contribution in [0.5, 0.6) is 5.75 Å². The molecule has 0 atom stereocenters. The van der Waals surface area contributed by atoms with Crippen LogP contribution in [0.2, 0.25) is 0 Å². The van der Waals surface area contributed by atoms with Crippen LogP contribution in [0.15, 0.2) is 35.8 Å². The lowest BCUT2D eigenvalue weighted by atomic mass is 9.97. The fourth-order valence-electron chi connectivity index (χ4n) is 3.70. The summed E-state index contributed by atoms with van der Waals surface area (Å²) in [6.07, 6.45) is 10.1. The Morgan fingerprint density at radius 3 is 3.11 bits per heavy atom. The number of aryl methyl sites for hydroxylation is 2. The first-order valence-electron chi connectivity index (χ1n) is 9.03. The summed E-state index contributed by atoms with van der Waals surface area (Å²) in [6.45, 7) is 0. The number of fused-ring (bicyclic) bond motifs is 4. The number of aromatic nitrogens is 3. The number of hydrazone groups is 1. The number of ether oxygens (including phenoxy) is 1. The van der Waals surface area contributed by atoms with Crippen molar-refractivity contribution < 1.29 is 4.74 Å². The molecule has 0 amide bonds. The van der Waals surface area contributed by atoms with Crippen molar-refractivity contribution in [1.29, 1.82) is 0 Å². The van der Waals surface area contributed by atoms with Crippen molar-refractivity contribution in [1.82, 2.24) is 15.0 Å². The molecule has 0 saturated heterocycles. The number of nitrogens with one attached hydrogen (secondary N) is 2. The molecule has 6 nitrogen and oxygen atoms in total. The Labute approximate surface area is 160 Å². The quantitative estimate of drug-likeness (QED) is 0.405. The van der Waals surface area contributed by atoms with Gasteiger partial charge in [0.2, 0.25) is 0 Å². The van der Waals surface area contributed by atoms with Gasteiger partial charge in [0.1, 0.15) is 16.9 Å². The lowest BCUT2D eigenvalue weighted by molar-refractivity contribution is 0.415. The van der Waals surface area contributed by atoms with E-state index in [0.29, 0.717) is 0 Å². The molecule has 1 aliphatic rings. The molecule has 0 saturated carbocycles. The van der Waals surface area contributed by atoms with Crippen LogP contribution in [0.4, 0.5) is 5.82 Å². The van der Waals surface area contributed by atoms with E-state index < -0.39 is 0 Å².